The zero-order valence-electron chi connectivity index (χ0n) is 20.1. The predicted molar refractivity (Wildman–Crippen MR) is 136 cm³/mol. The number of benzene rings is 3. The van der Waals surface area contributed by atoms with E-state index in [4.69, 9.17) is 0 Å². The standard InChI is InChI=1S/C16H18N2O4S2.C9H12N.Au/c1-13-3-7-15(8-4-13)23(19,20)17-11-12-18-24(21,22)16-9-5-14(2)6-10-16;1-10(2)8-9-6-4-3-5-7-9;/h3-10H,11-12H2,1-2H3;3-6H,8H2,1-2H3;/q-2;-1;+3. The molecule has 192 valence electrons. The fraction of sp³-hybridized carbons (Fsp3) is 0.280. The molecule has 0 amide bonds. The number of hydrogen-bond acceptors (Lipinski definition) is 5. The second kappa shape index (κ2) is 14.7. The van der Waals surface area contributed by atoms with Crippen molar-refractivity contribution >= 4 is 20.0 Å². The van der Waals surface area contributed by atoms with E-state index in [0.29, 0.717) is 0 Å². The molecular formula is C25H30AuN3O4S2. The van der Waals surface area contributed by atoms with Crippen molar-refractivity contribution in [3.8, 4) is 0 Å². The summed E-state index contributed by atoms with van der Waals surface area (Å²) in [6.07, 6.45) is 0. The van der Waals surface area contributed by atoms with Gasteiger partial charge in [0.05, 0.1) is 0 Å². The molecular weight excluding hydrogens is 667 g/mol. The van der Waals surface area contributed by atoms with Gasteiger partial charge in [-0.25, -0.2) is 16.8 Å². The van der Waals surface area contributed by atoms with E-state index < -0.39 is 20.0 Å². The summed E-state index contributed by atoms with van der Waals surface area (Å²) in [5, 5.41) is 0. The first-order chi connectivity index (χ1) is 16.0. The molecule has 0 fully saturated rings. The maximum Gasteiger partial charge on any atom is 3.00 e. The van der Waals surface area contributed by atoms with Crippen molar-refractivity contribution in [3.05, 3.63) is 105 Å². The number of rotatable bonds is 9. The Hall–Kier alpha value is -1.82. The molecule has 0 spiro atoms. The summed E-state index contributed by atoms with van der Waals surface area (Å²) < 4.78 is 55.2. The average molecular weight is 698 g/mol. The number of nitrogens with zero attached hydrogens (tertiary/aromatic N) is 3. The summed E-state index contributed by atoms with van der Waals surface area (Å²) in [6, 6.07) is 23.8. The molecule has 0 bridgehead atoms. The van der Waals surface area contributed by atoms with Gasteiger partial charge in [-0.3, -0.25) is 0 Å². The quantitative estimate of drug-likeness (QED) is 0.184. The molecule has 3 aromatic carbocycles. The molecule has 0 aliphatic rings. The van der Waals surface area contributed by atoms with Crippen molar-refractivity contribution in [1.82, 2.24) is 4.90 Å². The second-order valence-electron chi connectivity index (χ2n) is 7.91. The average Bonchev–Trinajstić information content (AvgIpc) is 2.78. The molecule has 0 atom stereocenters. The third kappa shape index (κ3) is 11.2. The van der Waals surface area contributed by atoms with E-state index in [2.05, 4.69) is 40.6 Å². The Kier molecular flexibility index (Phi) is 13.1. The molecule has 0 heterocycles. The van der Waals surface area contributed by atoms with Crippen molar-refractivity contribution in [2.24, 2.45) is 0 Å². The van der Waals surface area contributed by atoms with E-state index in [1.54, 1.807) is 24.3 Å². The molecule has 0 radical (unpaired) electrons. The van der Waals surface area contributed by atoms with Gasteiger partial charge in [0.15, 0.2) is 0 Å². The first-order valence-corrected chi connectivity index (χ1v) is 13.5. The fourth-order valence-electron chi connectivity index (χ4n) is 2.76. The van der Waals surface area contributed by atoms with Crippen molar-refractivity contribution in [2.45, 2.75) is 30.2 Å². The molecule has 7 nitrogen and oxygen atoms in total. The minimum absolute atomic E-state index is 0. The molecule has 35 heavy (non-hydrogen) atoms. The van der Waals surface area contributed by atoms with Crippen LogP contribution in [0.15, 0.2) is 82.6 Å². The Morgan fingerprint density at radius 1 is 0.714 bits per heavy atom. The molecule has 0 aliphatic carbocycles. The monoisotopic (exact) mass is 697 g/mol. The van der Waals surface area contributed by atoms with Gasteiger partial charge in [-0.05, 0) is 52.2 Å². The molecule has 0 unspecified atom stereocenters. The Balaban J connectivity index is 0.000000468. The Bertz CT molecular complexity index is 1150. The molecule has 0 N–H and O–H groups in total. The number of aryl methyl sites for hydroxylation is 2. The van der Waals surface area contributed by atoms with Crippen molar-refractivity contribution in [3.63, 3.8) is 0 Å². The molecule has 3 aromatic rings. The van der Waals surface area contributed by atoms with Gasteiger partial charge in [0.25, 0.3) is 0 Å². The Labute approximate surface area is 225 Å². The van der Waals surface area contributed by atoms with E-state index >= 15 is 0 Å². The topological polar surface area (TPSA) is 99.7 Å². The van der Waals surface area contributed by atoms with Crippen LogP contribution in [-0.4, -0.2) is 48.9 Å². The van der Waals surface area contributed by atoms with E-state index in [1.165, 1.54) is 29.8 Å². The van der Waals surface area contributed by atoms with Gasteiger partial charge in [-0.1, -0.05) is 35.4 Å². The molecule has 0 saturated heterocycles. The third-order valence-electron chi connectivity index (χ3n) is 4.52. The summed E-state index contributed by atoms with van der Waals surface area (Å²) in [6.45, 7) is 4.23. The normalized spacial score (nSPS) is 11.3. The number of hydrogen-bond donors (Lipinski definition) is 0. The largest absolute Gasteiger partial charge is 3.00 e. The van der Waals surface area contributed by atoms with Crippen LogP contribution in [-0.2, 0) is 49.0 Å². The summed E-state index contributed by atoms with van der Waals surface area (Å²) in [5.74, 6) is 0. The summed E-state index contributed by atoms with van der Waals surface area (Å²) in [7, 11) is -3.48. The maximum atomic E-state index is 12.0. The van der Waals surface area contributed by atoms with Gasteiger partial charge in [-0.2, -0.15) is 43.4 Å². The zero-order valence-corrected chi connectivity index (χ0v) is 23.9. The van der Waals surface area contributed by atoms with Crippen LogP contribution in [0.3, 0.4) is 0 Å². The first kappa shape index (κ1) is 31.2. The predicted octanol–water partition coefficient (Wildman–Crippen LogP) is 4.67. The van der Waals surface area contributed by atoms with Crippen LogP contribution in [0.1, 0.15) is 16.7 Å². The van der Waals surface area contributed by atoms with Crippen molar-refractivity contribution < 1.29 is 39.2 Å². The molecule has 10 heteroatoms. The van der Waals surface area contributed by atoms with Crippen LogP contribution in [0, 0.1) is 19.9 Å². The summed E-state index contributed by atoms with van der Waals surface area (Å²) in [5.41, 5.74) is 3.12. The van der Waals surface area contributed by atoms with Gasteiger partial charge in [-0.15, -0.1) is 5.56 Å². The van der Waals surface area contributed by atoms with Crippen LogP contribution in [0.4, 0.5) is 0 Å². The van der Waals surface area contributed by atoms with E-state index in [9.17, 15) is 16.8 Å². The van der Waals surface area contributed by atoms with Crippen molar-refractivity contribution in [2.75, 3.05) is 27.2 Å². The van der Waals surface area contributed by atoms with E-state index in [1.807, 2.05) is 32.0 Å². The van der Waals surface area contributed by atoms with Gasteiger partial charge >= 0.3 is 22.4 Å². The Morgan fingerprint density at radius 2 is 1.14 bits per heavy atom. The van der Waals surface area contributed by atoms with Crippen LogP contribution in [0.5, 0.6) is 0 Å². The van der Waals surface area contributed by atoms with Crippen LogP contribution in [0.2, 0.25) is 0 Å². The van der Waals surface area contributed by atoms with Gasteiger partial charge < -0.3 is 14.3 Å². The zero-order chi connectivity index (χ0) is 25.2. The minimum atomic E-state index is -3.79. The smallest absolute Gasteiger partial charge is 0.546 e. The first-order valence-electron chi connectivity index (χ1n) is 10.6. The Morgan fingerprint density at radius 3 is 1.49 bits per heavy atom. The molecule has 0 saturated carbocycles. The maximum absolute atomic E-state index is 12.0. The summed E-state index contributed by atoms with van der Waals surface area (Å²) in [4.78, 5) is 2.29. The second-order valence-corrected chi connectivity index (χ2v) is 11.3. The molecule has 0 aliphatic heterocycles. The van der Waals surface area contributed by atoms with Crippen LogP contribution in [0.25, 0.3) is 9.44 Å². The van der Waals surface area contributed by atoms with Gasteiger partial charge in [0, 0.05) is 16.3 Å². The van der Waals surface area contributed by atoms with Crippen LogP contribution >= 0.6 is 0 Å². The van der Waals surface area contributed by atoms with E-state index in [0.717, 1.165) is 17.7 Å². The third-order valence-corrected chi connectivity index (χ3v) is 7.30. The van der Waals surface area contributed by atoms with Gasteiger partial charge in [0.2, 0.25) is 0 Å². The summed E-state index contributed by atoms with van der Waals surface area (Å²) >= 11 is 0. The fourth-order valence-corrected chi connectivity index (χ4v) is 4.66. The van der Waals surface area contributed by atoms with E-state index in [-0.39, 0.29) is 45.3 Å². The van der Waals surface area contributed by atoms with Crippen LogP contribution < -0.4 is 0 Å². The molecule has 3 rings (SSSR count). The van der Waals surface area contributed by atoms with Gasteiger partial charge in [0.1, 0.15) is 20.0 Å². The minimum Gasteiger partial charge on any atom is -0.546 e. The number of sulfonamides is 2. The van der Waals surface area contributed by atoms with Crippen molar-refractivity contribution in [1.29, 1.82) is 0 Å². The molecule has 0 aromatic heterocycles. The SMILES string of the molecule is CN(C)Cc1[c-]cccc1.Cc1ccc(S(=O)(=O)[N-]CC[N-]S(=O)(=O)c2ccc(C)cc2)cc1.[Au+3].